The number of amides is 2. The van der Waals surface area contributed by atoms with E-state index in [0.29, 0.717) is 15.9 Å². The Kier molecular flexibility index (Phi) is 6.60. The number of nitrogens with one attached hydrogen (secondary N) is 2. The highest BCUT2D eigenvalue weighted by molar-refractivity contribution is 9.10. The van der Waals surface area contributed by atoms with E-state index in [9.17, 15) is 4.79 Å². The summed E-state index contributed by atoms with van der Waals surface area (Å²) < 4.78 is 6.53. The van der Waals surface area contributed by atoms with Crippen LogP contribution in [0.5, 0.6) is 0 Å². The predicted octanol–water partition coefficient (Wildman–Crippen LogP) is 6.31. The van der Waals surface area contributed by atoms with Crippen LogP contribution in [0.15, 0.2) is 78.6 Å². The normalized spacial score (nSPS) is 10.9. The van der Waals surface area contributed by atoms with Crippen LogP contribution in [0.4, 0.5) is 10.5 Å². The van der Waals surface area contributed by atoms with Gasteiger partial charge in [-0.1, -0.05) is 41.6 Å². The maximum absolute atomic E-state index is 11.9. The fourth-order valence-corrected chi connectivity index (χ4v) is 3.59. The number of hydrogen-bond donors (Lipinski definition) is 2. The summed E-state index contributed by atoms with van der Waals surface area (Å²) in [7, 11) is 0. The molecule has 5 nitrogen and oxygen atoms in total. The molecule has 1 aromatic heterocycles. The number of benzene rings is 2. The smallest absolute Gasteiger partial charge is 0.339 e. The molecule has 3 aromatic rings. The average Bonchev–Trinajstić information content (AvgIpc) is 2.98. The third kappa shape index (κ3) is 5.63. The van der Waals surface area contributed by atoms with E-state index in [-0.39, 0.29) is 0 Å². The van der Waals surface area contributed by atoms with Crippen LogP contribution in [-0.4, -0.2) is 12.2 Å². The van der Waals surface area contributed by atoms with E-state index in [1.165, 1.54) is 18.0 Å². The second kappa shape index (κ2) is 9.12. The Balaban J connectivity index is 1.58. The molecule has 0 aliphatic heterocycles. The van der Waals surface area contributed by atoms with Gasteiger partial charge in [-0.15, -0.1) is 0 Å². The molecule has 2 amide bonds. The molecule has 0 spiro atoms. The zero-order valence-corrected chi connectivity index (χ0v) is 17.4. The zero-order valence-electron chi connectivity index (χ0n) is 14.2. The summed E-state index contributed by atoms with van der Waals surface area (Å²) in [6.45, 7) is 1.92. The molecule has 0 aliphatic carbocycles. The number of carbonyl (C=O) groups is 1. The highest BCUT2D eigenvalue weighted by Crippen LogP contribution is 2.35. The van der Waals surface area contributed by atoms with Gasteiger partial charge in [0.1, 0.15) is 5.76 Å². The number of para-hydroxylation sites is 1. The van der Waals surface area contributed by atoms with Gasteiger partial charge in [0, 0.05) is 21.7 Å². The molecule has 0 saturated carbocycles. The second-order valence-corrected chi connectivity index (χ2v) is 7.82. The minimum atomic E-state index is -0.429. The van der Waals surface area contributed by atoms with Crippen molar-refractivity contribution in [3.8, 4) is 0 Å². The molecule has 0 fully saturated rings. The van der Waals surface area contributed by atoms with E-state index >= 15 is 0 Å². The third-order valence-electron chi connectivity index (χ3n) is 3.45. The monoisotopic (exact) mass is 463 g/mol. The first-order valence-corrected chi connectivity index (χ1v) is 9.88. The Labute approximate surface area is 174 Å². The molecule has 2 N–H and O–H groups in total. The molecular weight excluding hydrogens is 450 g/mol. The first kappa shape index (κ1) is 19.5. The van der Waals surface area contributed by atoms with Gasteiger partial charge in [-0.05, 0) is 58.7 Å². The van der Waals surface area contributed by atoms with Crippen molar-refractivity contribution in [2.24, 2.45) is 5.10 Å². The van der Waals surface area contributed by atoms with Crippen LogP contribution < -0.4 is 10.7 Å². The van der Waals surface area contributed by atoms with E-state index in [0.717, 1.165) is 20.6 Å². The fraction of sp³-hybridized carbons (Fsp3) is 0.0526. The summed E-state index contributed by atoms with van der Waals surface area (Å²) in [6.07, 6.45) is 1.44. The number of hydrazone groups is 1. The molecule has 138 valence electrons. The largest absolute Gasteiger partial charge is 0.447 e. The van der Waals surface area contributed by atoms with Gasteiger partial charge < -0.3 is 9.73 Å². The predicted molar refractivity (Wildman–Crippen MR) is 113 cm³/mol. The summed E-state index contributed by atoms with van der Waals surface area (Å²) in [5, 5.41) is 8.01. The zero-order chi connectivity index (χ0) is 19.2. The average molecular weight is 465 g/mol. The van der Waals surface area contributed by atoms with E-state index in [2.05, 4.69) is 31.8 Å². The van der Waals surface area contributed by atoms with Crippen LogP contribution in [0, 0.1) is 6.92 Å². The van der Waals surface area contributed by atoms with Crippen molar-refractivity contribution in [2.45, 2.75) is 16.9 Å². The number of hydrogen-bond acceptors (Lipinski definition) is 4. The maximum atomic E-state index is 11.9. The Morgan fingerprint density at radius 3 is 2.70 bits per heavy atom. The standard InChI is InChI=1S/C19H15BrClN3O2S/c1-12-4-2-3-5-17(12)23-19(25)24-22-11-14-10-16(20)18(26-14)27-15-8-6-13(21)7-9-15/h2-11H,1H3,(H2,23,24,25)/b22-11+. The van der Waals surface area contributed by atoms with Crippen molar-refractivity contribution in [1.29, 1.82) is 0 Å². The molecule has 27 heavy (non-hydrogen) atoms. The van der Waals surface area contributed by atoms with Crippen LogP contribution in [0.2, 0.25) is 5.02 Å². The van der Waals surface area contributed by atoms with Gasteiger partial charge in [0.05, 0.1) is 10.7 Å². The molecule has 8 heteroatoms. The lowest BCUT2D eigenvalue weighted by molar-refractivity contribution is 0.252. The molecule has 0 radical (unpaired) electrons. The van der Waals surface area contributed by atoms with E-state index < -0.39 is 6.03 Å². The Hall–Kier alpha value is -2.22. The van der Waals surface area contributed by atoms with Crippen molar-refractivity contribution >= 4 is 57.2 Å². The van der Waals surface area contributed by atoms with Gasteiger partial charge in [-0.25, -0.2) is 10.2 Å². The molecular formula is C19H15BrClN3O2S. The molecule has 0 atom stereocenters. The summed E-state index contributed by atoms with van der Waals surface area (Å²) in [4.78, 5) is 12.9. The summed E-state index contributed by atoms with van der Waals surface area (Å²) >= 11 is 10.8. The summed E-state index contributed by atoms with van der Waals surface area (Å²) in [6, 6.07) is 16.3. The Morgan fingerprint density at radius 1 is 1.22 bits per heavy atom. The van der Waals surface area contributed by atoms with Crippen LogP contribution in [-0.2, 0) is 0 Å². The number of furan rings is 1. The minimum Gasteiger partial charge on any atom is -0.447 e. The van der Waals surface area contributed by atoms with Crippen molar-refractivity contribution in [3.63, 3.8) is 0 Å². The SMILES string of the molecule is Cc1ccccc1NC(=O)N/N=C/c1cc(Br)c(Sc2ccc(Cl)cc2)o1. The topological polar surface area (TPSA) is 66.6 Å². The van der Waals surface area contributed by atoms with Gasteiger partial charge in [-0.3, -0.25) is 0 Å². The van der Waals surface area contributed by atoms with Gasteiger partial charge >= 0.3 is 6.03 Å². The molecule has 0 saturated heterocycles. The lowest BCUT2D eigenvalue weighted by Gasteiger charge is -2.06. The Bertz CT molecular complexity index is 973. The van der Waals surface area contributed by atoms with Crippen LogP contribution in [0.3, 0.4) is 0 Å². The Morgan fingerprint density at radius 2 is 1.96 bits per heavy atom. The maximum Gasteiger partial charge on any atom is 0.339 e. The van der Waals surface area contributed by atoms with Gasteiger partial charge in [0.2, 0.25) is 0 Å². The molecule has 0 bridgehead atoms. The minimum absolute atomic E-state index is 0.429. The highest BCUT2D eigenvalue weighted by Gasteiger charge is 2.10. The second-order valence-electron chi connectivity index (χ2n) is 5.48. The van der Waals surface area contributed by atoms with Crippen LogP contribution in [0.25, 0.3) is 0 Å². The van der Waals surface area contributed by atoms with Crippen LogP contribution >= 0.6 is 39.3 Å². The molecule has 2 aromatic carbocycles. The number of rotatable bonds is 5. The van der Waals surface area contributed by atoms with Gasteiger partial charge in [0.25, 0.3) is 0 Å². The number of anilines is 1. The van der Waals surface area contributed by atoms with E-state index in [1.54, 1.807) is 6.07 Å². The fourth-order valence-electron chi connectivity index (χ4n) is 2.13. The first-order chi connectivity index (χ1) is 13.0. The number of halogens is 2. The summed E-state index contributed by atoms with van der Waals surface area (Å²) in [5.41, 5.74) is 4.11. The number of carbonyl (C=O) groups excluding carboxylic acids is 1. The van der Waals surface area contributed by atoms with Crippen molar-refractivity contribution in [2.75, 3.05) is 5.32 Å². The lowest BCUT2D eigenvalue weighted by Crippen LogP contribution is -2.24. The number of urea groups is 1. The quantitative estimate of drug-likeness (QED) is 0.343. The van der Waals surface area contributed by atoms with E-state index in [1.807, 2.05) is 55.5 Å². The van der Waals surface area contributed by atoms with E-state index in [4.69, 9.17) is 16.0 Å². The summed E-state index contributed by atoms with van der Waals surface area (Å²) in [5.74, 6) is 0.509. The van der Waals surface area contributed by atoms with Gasteiger partial charge in [0.15, 0.2) is 5.09 Å². The molecule has 0 aliphatic rings. The van der Waals surface area contributed by atoms with Crippen molar-refractivity contribution in [3.05, 3.63) is 75.4 Å². The van der Waals surface area contributed by atoms with Gasteiger partial charge in [-0.2, -0.15) is 5.10 Å². The lowest BCUT2D eigenvalue weighted by atomic mass is 10.2. The molecule has 3 rings (SSSR count). The number of nitrogens with zero attached hydrogens (tertiary/aromatic N) is 1. The first-order valence-electron chi connectivity index (χ1n) is 7.90. The third-order valence-corrected chi connectivity index (χ3v) is 5.55. The van der Waals surface area contributed by atoms with Crippen molar-refractivity contribution < 1.29 is 9.21 Å². The van der Waals surface area contributed by atoms with Crippen molar-refractivity contribution in [1.82, 2.24) is 5.43 Å². The highest BCUT2D eigenvalue weighted by atomic mass is 79.9. The molecule has 1 heterocycles. The molecule has 0 unspecified atom stereocenters. The van der Waals surface area contributed by atoms with Crippen LogP contribution in [0.1, 0.15) is 11.3 Å². The number of aryl methyl sites for hydroxylation is 1.